The average molecular weight is 427 g/mol. The van der Waals surface area contributed by atoms with Crippen LogP contribution in [0, 0.1) is 0 Å². The number of amides is 1. The van der Waals surface area contributed by atoms with Crippen LogP contribution in [0.25, 0.3) is 11.5 Å². The fraction of sp³-hybridized carbons (Fsp3) is 0.235. The van der Waals surface area contributed by atoms with E-state index in [1.54, 1.807) is 4.52 Å². The van der Waals surface area contributed by atoms with Crippen LogP contribution >= 0.6 is 15.9 Å². The van der Waals surface area contributed by atoms with Gasteiger partial charge < -0.3 is 4.90 Å². The molecule has 136 valence electrons. The fourth-order valence-electron chi connectivity index (χ4n) is 3.68. The third kappa shape index (κ3) is 2.55. The van der Waals surface area contributed by atoms with Crippen LogP contribution in [0.2, 0.25) is 0 Å². The molecule has 5 rings (SSSR count). The number of hydrogen-bond donors (Lipinski definition) is 1. The molecule has 0 fully saturated rings. The first-order chi connectivity index (χ1) is 13.1. The summed E-state index contributed by atoms with van der Waals surface area (Å²) in [7, 11) is 0. The lowest BCUT2D eigenvalue weighted by atomic mass is 10.0. The van der Waals surface area contributed by atoms with E-state index in [1.165, 1.54) is 5.56 Å². The van der Waals surface area contributed by atoms with E-state index in [0.29, 0.717) is 18.2 Å². The summed E-state index contributed by atoms with van der Waals surface area (Å²) in [5.41, 5.74) is 3.52. The standard InChI is InChI=1S/C17H15BrN8O/c1-10-15-11(5-7-25(15)17-19-22-23-20-17)4-6-24(10)16(27)14-8-13-3-2-12(18)9-26(13)21-14/h2-3,5,7-10H,4,6H2,1H3,(H,19,20,22,23). The third-order valence-electron chi connectivity index (χ3n) is 4.96. The minimum atomic E-state index is -0.127. The third-order valence-corrected chi connectivity index (χ3v) is 5.43. The van der Waals surface area contributed by atoms with Crippen molar-refractivity contribution in [1.29, 1.82) is 0 Å². The Hall–Kier alpha value is -3.01. The number of fused-ring (bicyclic) bond motifs is 2. The van der Waals surface area contributed by atoms with Crippen LogP contribution in [0.15, 0.2) is 41.1 Å². The van der Waals surface area contributed by atoms with E-state index in [1.807, 2.05) is 47.0 Å². The molecule has 4 aromatic rings. The van der Waals surface area contributed by atoms with Crippen LogP contribution in [0.4, 0.5) is 0 Å². The molecule has 0 saturated carbocycles. The van der Waals surface area contributed by atoms with Gasteiger partial charge in [0.1, 0.15) is 0 Å². The minimum Gasteiger partial charge on any atom is -0.329 e. The van der Waals surface area contributed by atoms with Crippen molar-refractivity contribution in [3.05, 3.63) is 58.1 Å². The maximum absolute atomic E-state index is 13.2. The number of carbonyl (C=O) groups is 1. The molecule has 1 N–H and O–H groups in total. The molecule has 0 radical (unpaired) electrons. The van der Waals surface area contributed by atoms with Crippen molar-refractivity contribution in [1.82, 2.24) is 39.7 Å². The Bertz CT molecular complexity index is 1150. The zero-order valence-corrected chi connectivity index (χ0v) is 16.0. The van der Waals surface area contributed by atoms with Gasteiger partial charge in [-0.05, 0) is 69.5 Å². The molecule has 0 spiro atoms. The number of pyridine rings is 1. The summed E-state index contributed by atoms with van der Waals surface area (Å²) in [5, 5.41) is 18.5. The normalized spacial score (nSPS) is 16.7. The molecule has 4 aromatic heterocycles. The van der Waals surface area contributed by atoms with E-state index in [4.69, 9.17) is 0 Å². The molecular formula is C17H15BrN8O. The highest BCUT2D eigenvalue weighted by Crippen LogP contribution is 2.32. The van der Waals surface area contributed by atoms with Crippen molar-refractivity contribution in [2.75, 3.05) is 6.54 Å². The van der Waals surface area contributed by atoms with Crippen LogP contribution in [0.3, 0.4) is 0 Å². The highest BCUT2D eigenvalue weighted by atomic mass is 79.9. The van der Waals surface area contributed by atoms with Gasteiger partial charge >= 0.3 is 0 Å². The quantitative estimate of drug-likeness (QED) is 0.529. The smallest absolute Gasteiger partial charge is 0.274 e. The summed E-state index contributed by atoms with van der Waals surface area (Å²) in [5.74, 6) is 0.450. The van der Waals surface area contributed by atoms with E-state index in [-0.39, 0.29) is 11.9 Å². The highest BCUT2D eigenvalue weighted by Gasteiger charge is 2.32. The van der Waals surface area contributed by atoms with Crippen molar-refractivity contribution >= 4 is 27.4 Å². The summed E-state index contributed by atoms with van der Waals surface area (Å²) >= 11 is 3.43. The summed E-state index contributed by atoms with van der Waals surface area (Å²) in [6, 6.07) is 7.60. The van der Waals surface area contributed by atoms with Gasteiger partial charge in [-0.15, -0.1) is 0 Å². The van der Waals surface area contributed by atoms with Crippen molar-refractivity contribution < 1.29 is 4.79 Å². The molecule has 1 atom stereocenters. The number of nitrogens with zero attached hydrogens (tertiary/aromatic N) is 7. The van der Waals surface area contributed by atoms with Crippen molar-refractivity contribution in [3.8, 4) is 5.95 Å². The molecule has 1 aliphatic heterocycles. The zero-order chi connectivity index (χ0) is 18.5. The van der Waals surface area contributed by atoms with Gasteiger partial charge in [0, 0.05) is 23.4 Å². The van der Waals surface area contributed by atoms with Crippen molar-refractivity contribution in [2.24, 2.45) is 0 Å². The van der Waals surface area contributed by atoms with Crippen molar-refractivity contribution in [3.63, 3.8) is 0 Å². The van der Waals surface area contributed by atoms with E-state index in [2.05, 4.69) is 47.7 Å². The van der Waals surface area contributed by atoms with Gasteiger partial charge in [-0.2, -0.15) is 5.10 Å². The maximum Gasteiger partial charge on any atom is 0.274 e. The monoisotopic (exact) mass is 426 g/mol. The number of rotatable bonds is 2. The molecule has 5 heterocycles. The maximum atomic E-state index is 13.2. The summed E-state index contributed by atoms with van der Waals surface area (Å²) < 4.78 is 4.52. The van der Waals surface area contributed by atoms with E-state index >= 15 is 0 Å². The van der Waals surface area contributed by atoms with Crippen LogP contribution in [0.5, 0.6) is 0 Å². The number of carbonyl (C=O) groups excluding carboxylic acids is 1. The number of aromatic amines is 1. The second kappa shape index (κ2) is 6.02. The number of hydrogen-bond acceptors (Lipinski definition) is 5. The molecule has 0 aliphatic carbocycles. The Morgan fingerprint density at radius 2 is 2.22 bits per heavy atom. The Kier molecular flexibility index (Phi) is 3.61. The lowest BCUT2D eigenvalue weighted by Gasteiger charge is -2.34. The van der Waals surface area contributed by atoms with Gasteiger partial charge in [0.15, 0.2) is 5.69 Å². The molecular weight excluding hydrogens is 412 g/mol. The Labute approximate surface area is 162 Å². The molecule has 1 amide bonds. The summed E-state index contributed by atoms with van der Waals surface area (Å²) in [6.07, 6.45) is 4.55. The number of halogens is 1. The SMILES string of the molecule is CC1c2c(ccn2-c2nnn[nH]2)CCN1C(=O)c1cc2ccc(Br)cn2n1. The van der Waals surface area contributed by atoms with Gasteiger partial charge in [-0.25, -0.2) is 9.61 Å². The van der Waals surface area contributed by atoms with Crippen LogP contribution in [-0.2, 0) is 6.42 Å². The van der Waals surface area contributed by atoms with E-state index in [0.717, 1.165) is 22.1 Å². The van der Waals surface area contributed by atoms with Crippen LogP contribution in [0.1, 0.15) is 34.7 Å². The first-order valence-electron chi connectivity index (χ1n) is 8.52. The largest absolute Gasteiger partial charge is 0.329 e. The molecule has 1 aliphatic rings. The lowest BCUT2D eigenvalue weighted by Crippen LogP contribution is -2.39. The second-order valence-corrected chi connectivity index (χ2v) is 7.41. The van der Waals surface area contributed by atoms with Gasteiger partial charge in [0.25, 0.3) is 11.9 Å². The highest BCUT2D eigenvalue weighted by molar-refractivity contribution is 9.10. The summed E-state index contributed by atoms with van der Waals surface area (Å²) in [4.78, 5) is 15.0. The van der Waals surface area contributed by atoms with Gasteiger partial charge in [-0.3, -0.25) is 9.36 Å². The molecule has 0 bridgehead atoms. The number of H-pyrrole nitrogens is 1. The average Bonchev–Trinajstić information content (AvgIpc) is 3.39. The number of nitrogens with one attached hydrogen (secondary N) is 1. The fourth-order valence-corrected chi connectivity index (χ4v) is 4.01. The lowest BCUT2D eigenvalue weighted by molar-refractivity contribution is 0.0665. The number of aromatic nitrogens is 7. The first kappa shape index (κ1) is 16.2. The molecule has 0 saturated heterocycles. The molecule has 27 heavy (non-hydrogen) atoms. The van der Waals surface area contributed by atoms with Gasteiger partial charge in [-0.1, -0.05) is 5.10 Å². The zero-order valence-electron chi connectivity index (χ0n) is 14.4. The Balaban J connectivity index is 1.51. The van der Waals surface area contributed by atoms with Gasteiger partial charge in [0.05, 0.1) is 17.3 Å². The van der Waals surface area contributed by atoms with E-state index < -0.39 is 0 Å². The van der Waals surface area contributed by atoms with Crippen molar-refractivity contribution in [2.45, 2.75) is 19.4 Å². The predicted octanol–water partition coefficient (Wildman–Crippen LogP) is 2.16. The molecule has 10 heteroatoms. The minimum absolute atomic E-state index is 0.0867. The Morgan fingerprint density at radius 1 is 1.33 bits per heavy atom. The molecule has 0 aromatic carbocycles. The molecule has 1 unspecified atom stereocenters. The number of tetrazole rings is 1. The topological polar surface area (TPSA) is 97.0 Å². The Morgan fingerprint density at radius 3 is 3.04 bits per heavy atom. The molecule has 9 nitrogen and oxygen atoms in total. The summed E-state index contributed by atoms with van der Waals surface area (Å²) in [6.45, 7) is 2.66. The second-order valence-electron chi connectivity index (χ2n) is 6.49. The van der Waals surface area contributed by atoms with Crippen LogP contribution < -0.4 is 0 Å². The predicted molar refractivity (Wildman–Crippen MR) is 99.6 cm³/mol. The van der Waals surface area contributed by atoms with Crippen LogP contribution in [-0.4, -0.2) is 52.2 Å². The first-order valence-corrected chi connectivity index (χ1v) is 9.31. The van der Waals surface area contributed by atoms with Gasteiger partial charge in [0.2, 0.25) is 0 Å². The van der Waals surface area contributed by atoms with E-state index in [9.17, 15) is 4.79 Å².